The average Bonchev–Trinajstić information content (AvgIpc) is 3.40. The van der Waals surface area contributed by atoms with Gasteiger partial charge < -0.3 is 0 Å². The number of fused-ring (bicyclic) bond motifs is 3. The fourth-order valence-electron chi connectivity index (χ4n) is 4.96. The normalized spacial score (nSPS) is 17.0. The van der Waals surface area contributed by atoms with Gasteiger partial charge in [0.25, 0.3) is 0 Å². The van der Waals surface area contributed by atoms with Crippen LogP contribution >= 0.6 is 0 Å². The molecule has 0 spiro atoms. The molecular formula is C26H22OZr. The van der Waals surface area contributed by atoms with E-state index in [9.17, 15) is 4.79 Å². The van der Waals surface area contributed by atoms with Crippen LogP contribution in [-0.4, -0.2) is 3.49 Å². The molecule has 0 amide bonds. The molecule has 0 radical (unpaired) electrons. The molecule has 0 bridgehead atoms. The zero-order valence-corrected chi connectivity index (χ0v) is 18.4. The number of rotatable bonds is 4. The summed E-state index contributed by atoms with van der Waals surface area (Å²) < 4.78 is 4.38. The second-order valence-electron chi connectivity index (χ2n) is 7.83. The molecule has 1 atom stereocenters. The first-order valence-corrected chi connectivity index (χ1v) is 16.2. The van der Waals surface area contributed by atoms with E-state index in [1.807, 2.05) is 30.3 Å². The molecule has 0 saturated heterocycles. The summed E-state index contributed by atoms with van der Waals surface area (Å²) in [6.45, 7) is 0. The van der Waals surface area contributed by atoms with Crippen LogP contribution in [0.25, 0.3) is 11.1 Å². The number of carbonyl (C=O) groups is 1. The summed E-state index contributed by atoms with van der Waals surface area (Å²) in [4.78, 5) is 14.1. The summed E-state index contributed by atoms with van der Waals surface area (Å²) in [7, 11) is 0. The van der Waals surface area contributed by atoms with E-state index < -0.39 is 20.3 Å². The van der Waals surface area contributed by atoms with Crippen LogP contribution in [0.15, 0.2) is 100 Å². The van der Waals surface area contributed by atoms with E-state index in [1.54, 1.807) is 0 Å². The summed E-state index contributed by atoms with van der Waals surface area (Å²) in [5.74, 6) is 0. The number of carbonyl (C=O) groups excluding carboxylic acids is 1. The molecular weight excluding hydrogens is 420 g/mol. The summed E-state index contributed by atoms with van der Waals surface area (Å²) in [6, 6.07) is 27.3. The Labute approximate surface area is 170 Å². The Kier molecular flexibility index (Phi) is 4.40. The van der Waals surface area contributed by atoms with Gasteiger partial charge in [-0.25, -0.2) is 0 Å². The summed E-state index contributed by atoms with van der Waals surface area (Å²) >= 11 is -3.56. The predicted octanol–water partition coefficient (Wildman–Crippen LogP) is 6.64. The average molecular weight is 442 g/mol. The fourth-order valence-corrected chi connectivity index (χ4v) is 15.8. The first-order chi connectivity index (χ1) is 13.7. The van der Waals surface area contributed by atoms with Gasteiger partial charge in [-0.2, -0.15) is 0 Å². The molecule has 0 aromatic heterocycles. The Morgan fingerprint density at radius 1 is 0.821 bits per heavy atom. The van der Waals surface area contributed by atoms with Crippen LogP contribution in [0.4, 0.5) is 0 Å². The van der Waals surface area contributed by atoms with Gasteiger partial charge in [0.05, 0.1) is 0 Å². The summed E-state index contributed by atoms with van der Waals surface area (Å²) in [5, 5.41) is 0. The number of benzene rings is 3. The molecule has 0 fully saturated rings. The summed E-state index contributed by atoms with van der Waals surface area (Å²) in [6.07, 6.45) is 7.50. The van der Waals surface area contributed by atoms with E-state index >= 15 is 0 Å². The van der Waals surface area contributed by atoms with Crippen LogP contribution in [-0.2, 0) is 20.3 Å². The summed E-state index contributed by atoms with van der Waals surface area (Å²) in [5.41, 5.74) is 6.17. The Morgan fingerprint density at radius 2 is 1.39 bits per heavy atom. The third-order valence-corrected chi connectivity index (χ3v) is 17.9. The van der Waals surface area contributed by atoms with E-state index in [0.717, 1.165) is 12.0 Å². The van der Waals surface area contributed by atoms with Gasteiger partial charge in [0.2, 0.25) is 0 Å². The maximum absolute atomic E-state index is 14.1. The zero-order chi connectivity index (χ0) is 19.1. The predicted molar refractivity (Wildman–Crippen MR) is 112 cm³/mol. The van der Waals surface area contributed by atoms with E-state index in [4.69, 9.17) is 0 Å². The van der Waals surface area contributed by atoms with Crippen molar-refractivity contribution in [3.63, 3.8) is 0 Å². The molecule has 3 aromatic carbocycles. The monoisotopic (exact) mass is 440 g/mol. The number of hydrogen-bond donors (Lipinski definition) is 0. The molecule has 2 aliphatic rings. The van der Waals surface area contributed by atoms with Crippen molar-refractivity contribution in [2.75, 3.05) is 0 Å². The van der Waals surface area contributed by atoms with E-state index in [0.29, 0.717) is 3.49 Å². The zero-order valence-electron chi connectivity index (χ0n) is 15.9. The van der Waals surface area contributed by atoms with Crippen molar-refractivity contribution in [1.29, 1.82) is 0 Å². The number of allylic oxidation sites excluding steroid dienone is 4. The van der Waals surface area contributed by atoms with Gasteiger partial charge in [0, 0.05) is 0 Å². The van der Waals surface area contributed by atoms with Crippen LogP contribution in [0.3, 0.4) is 0 Å². The topological polar surface area (TPSA) is 17.1 Å². The fraction of sp³-hybridized carbons (Fsp3) is 0.115. The minimum absolute atomic E-state index is 0.223. The molecule has 0 aliphatic heterocycles. The van der Waals surface area contributed by atoms with Crippen LogP contribution in [0.5, 0.6) is 0 Å². The minimum atomic E-state index is -3.56. The van der Waals surface area contributed by atoms with Crippen LogP contribution < -0.4 is 0 Å². The van der Waals surface area contributed by atoms with Crippen molar-refractivity contribution in [3.05, 3.63) is 117 Å². The van der Waals surface area contributed by atoms with Crippen molar-refractivity contribution in [3.8, 4) is 11.1 Å². The Balaban J connectivity index is 1.76. The second-order valence-corrected chi connectivity index (χ2v) is 17.9. The molecule has 0 heterocycles. The molecule has 0 saturated carbocycles. The first kappa shape index (κ1) is 17.8. The van der Waals surface area contributed by atoms with Crippen molar-refractivity contribution >= 4 is 3.49 Å². The number of hydrogen-bond acceptors (Lipinski definition) is 1. The van der Waals surface area contributed by atoms with Gasteiger partial charge in [0.15, 0.2) is 0 Å². The second kappa shape index (κ2) is 6.94. The standard InChI is InChI=1S/C13H9.C7H5O.C5H5.CH3.Zr/c1-3-7-12-10(5-1)9-11-6-2-4-8-13(11)12;8-6-7-4-2-1-3-5-7;1-2-4-5-3-1;;/h1-9H;1-5H;1-3H,4H2;1H3;. The van der Waals surface area contributed by atoms with Gasteiger partial charge in [-0.3, -0.25) is 0 Å². The van der Waals surface area contributed by atoms with Crippen molar-refractivity contribution in [1.82, 2.24) is 0 Å². The molecule has 2 aliphatic carbocycles. The SMILES string of the molecule is [CH3][Zr]([C](=O)c1ccccc1)([C]1=CC=CC1)[CH]1c2ccccc2-c2ccccc21. The van der Waals surface area contributed by atoms with Gasteiger partial charge in [-0.15, -0.1) is 0 Å². The molecule has 5 rings (SSSR count). The Hall–Kier alpha value is -2.31. The van der Waals surface area contributed by atoms with Crippen LogP contribution in [0.2, 0.25) is 4.63 Å². The van der Waals surface area contributed by atoms with E-state index in [1.165, 1.54) is 25.5 Å². The third kappa shape index (κ3) is 2.59. The molecule has 2 heteroatoms. The maximum atomic E-state index is 14.1. The quantitative estimate of drug-likeness (QED) is 0.443. The molecule has 136 valence electrons. The van der Waals surface area contributed by atoms with Crippen molar-refractivity contribution in [2.24, 2.45) is 0 Å². The first-order valence-electron chi connectivity index (χ1n) is 9.85. The van der Waals surface area contributed by atoms with Crippen molar-refractivity contribution < 1.29 is 25.1 Å². The Bertz CT molecular complexity index is 1080. The van der Waals surface area contributed by atoms with Crippen molar-refractivity contribution in [2.45, 2.75) is 14.7 Å². The molecule has 28 heavy (non-hydrogen) atoms. The molecule has 0 N–H and O–H groups in total. The Morgan fingerprint density at radius 3 is 1.96 bits per heavy atom. The third-order valence-electron chi connectivity index (χ3n) is 6.36. The van der Waals surface area contributed by atoms with Gasteiger partial charge in [-0.1, -0.05) is 0 Å². The van der Waals surface area contributed by atoms with Gasteiger partial charge in [-0.05, 0) is 0 Å². The van der Waals surface area contributed by atoms with E-state index in [-0.39, 0.29) is 3.63 Å². The molecule has 3 aromatic rings. The van der Waals surface area contributed by atoms with Gasteiger partial charge in [0.1, 0.15) is 0 Å². The van der Waals surface area contributed by atoms with Crippen LogP contribution in [0, 0.1) is 0 Å². The van der Waals surface area contributed by atoms with Gasteiger partial charge >= 0.3 is 171 Å². The van der Waals surface area contributed by atoms with E-state index in [2.05, 4.69) is 71.4 Å². The van der Waals surface area contributed by atoms with Crippen LogP contribution in [0.1, 0.15) is 31.5 Å². The molecule has 1 nitrogen and oxygen atoms in total. The molecule has 1 unspecified atom stereocenters.